The molecule has 1 aliphatic rings. The number of H-pyrrole nitrogens is 1. The van der Waals surface area contributed by atoms with Crippen LogP contribution in [0.5, 0.6) is 0 Å². The molecule has 1 atom stereocenters. The van der Waals surface area contributed by atoms with Gasteiger partial charge in [-0.25, -0.2) is 8.78 Å². The number of carbonyl (C=O) groups is 1. The van der Waals surface area contributed by atoms with Crippen LogP contribution in [-0.4, -0.2) is 80.6 Å². The summed E-state index contributed by atoms with van der Waals surface area (Å²) in [5.41, 5.74) is 3.41. The zero-order valence-corrected chi connectivity index (χ0v) is 25.1. The van der Waals surface area contributed by atoms with Gasteiger partial charge in [0.2, 0.25) is 0 Å². The van der Waals surface area contributed by atoms with Crippen LogP contribution in [0.2, 0.25) is 0 Å². The summed E-state index contributed by atoms with van der Waals surface area (Å²) in [6, 6.07) is 14.5. The van der Waals surface area contributed by atoms with Gasteiger partial charge in [-0.15, -0.1) is 0 Å². The molecule has 0 spiro atoms. The van der Waals surface area contributed by atoms with Crippen molar-refractivity contribution in [1.82, 2.24) is 15.1 Å². The lowest BCUT2D eigenvalue weighted by Crippen LogP contribution is -2.44. The molecule has 1 fully saturated rings. The summed E-state index contributed by atoms with van der Waals surface area (Å²) >= 11 is 0. The van der Waals surface area contributed by atoms with Crippen LogP contribution in [0, 0.1) is 11.6 Å². The van der Waals surface area contributed by atoms with Crippen molar-refractivity contribution in [2.75, 3.05) is 69.6 Å². The molecule has 0 bridgehead atoms. The zero-order chi connectivity index (χ0) is 30.7. The first kappa shape index (κ1) is 30.4. The molecule has 1 amide bonds. The van der Waals surface area contributed by atoms with Crippen molar-refractivity contribution < 1.29 is 23.0 Å². The van der Waals surface area contributed by atoms with E-state index in [0.29, 0.717) is 45.7 Å². The highest BCUT2D eigenvalue weighted by Crippen LogP contribution is 2.32. The molecule has 3 aromatic carbocycles. The summed E-state index contributed by atoms with van der Waals surface area (Å²) in [6.45, 7) is 8.19. The number of amides is 1. The molecule has 0 saturated carbocycles. The number of benzene rings is 3. The Morgan fingerprint density at radius 1 is 1.00 bits per heavy atom. The molecule has 228 valence electrons. The summed E-state index contributed by atoms with van der Waals surface area (Å²) in [4.78, 5) is 18.4. The minimum Gasteiger partial charge on any atom is -0.382 e. The number of methoxy groups -OCH3 is 2. The number of fused-ring (bicyclic) bond motifs is 1. The number of halogens is 2. The maximum Gasteiger partial charge on any atom is 0.258 e. The number of rotatable bonds is 10. The SMILES string of the molecule is COCC(C)(C)Nc1cc(N2CCN(C)CC2)ccc1C(=O)Nc1n[nH]c2ccc(C(OC)c3cc(F)cc(F)c3)cc12. The Morgan fingerprint density at radius 2 is 1.72 bits per heavy atom. The summed E-state index contributed by atoms with van der Waals surface area (Å²) in [7, 11) is 5.23. The van der Waals surface area contributed by atoms with E-state index in [2.05, 4.69) is 37.7 Å². The minimum atomic E-state index is -0.728. The topological polar surface area (TPSA) is 94.8 Å². The first-order chi connectivity index (χ1) is 20.6. The van der Waals surface area contributed by atoms with Gasteiger partial charge in [0.1, 0.15) is 17.7 Å². The number of aromatic amines is 1. The van der Waals surface area contributed by atoms with Gasteiger partial charge in [-0.05, 0) is 74.5 Å². The van der Waals surface area contributed by atoms with Gasteiger partial charge < -0.3 is 29.9 Å². The number of aromatic nitrogens is 2. The van der Waals surface area contributed by atoms with Crippen molar-refractivity contribution in [3.05, 3.63) is 82.9 Å². The molecule has 11 heteroatoms. The molecule has 1 aromatic heterocycles. The first-order valence-corrected chi connectivity index (χ1v) is 14.2. The largest absolute Gasteiger partial charge is 0.382 e. The molecule has 2 heterocycles. The standard InChI is InChI=1S/C32H38F2N6O3/c1-32(2,19-42-4)36-28-18-24(40-12-10-39(3)11-13-40)7-8-25(28)31(41)35-30-26-16-20(6-9-27(26)37-38-30)29(43-5)21-14-22(33)17-23(34)15-21/h6-9,14-18,29,36H,10-13,19H2,1-5H3,(H2,35,37,38,41). The third kappa shape index (κ3) is 6.96. The van der Waals surface area contributed by atoms with E-state index < -0.39 is 23.3 Å². The number of nitrogens with zero attached hydrogens (tertiary/aromatic N) is 3. The Balaban J connectivity index is 1.45. The smallest absolute Gasteiger partial charge is 0.258 e. The highest BCUT2D eigenvalue weighted by Gasteiger charge is 2.24. The molecule has 4 aromatic rings. The summed E-state index contributed by atoms with van der Waals surface area (Å²) in [6.07, 6.45) is -0.728. The number of hydrogen-bond donors (Lipinski definition) is 3. The van der Waals surface area contributed by atoms with Gasteiger partial charge in [-0.1, -0.05) is 6.07 Å². The maximum absolute atomic E-state index is 14.0. The van der Waals surface area contributed by atoms with E-state index >= 15 is 0 Å². The Morgan fingerprint density at radius 3 is 2.40 bits per heavy atom. The predicted octanol–water partition coefficient (Wildman–Crippen LogP) is 5.42. The molecule has 3 N–H and O–H groups in total. The second-order valence-corrected chi connectivity index (χ2v) is 11.6. The number of hydrogen-bond acceptors (Lipinski definition) is 7. The van der Waals surface area contributed by atoms with E-state index in [4.69, 9.17) is 9.47 Å². The second kappa shape index (κ2) is 12.7. The predicted molar refractivity (Wildman–Crippen MR) is 165 cm³/mol. The van der Waals surface area contributed by atoms with Crippen LogP contribution in [0.4, 0.5) is 26.0 Å². The van der Waals surface area contributed by atoms with E-state index in [1.54, 1.807) is 25.3 Å². The van der Waals surface area contributed by atoms with Gasteiger partial charge in [0.05, 0.1) is 23.2 Å². The molecule has 1 aliphatic heterocycles. The van der Waals surface area contributed by atoms with E-state index in [-0.39, 0.29) is 5.91 Å². The fourth-order valence-corrected chi connectivity index (χ4v) is 5.51. The van der Waals surface area contributed by atoms with Crippen LogP contribution < -0.4 is 15.5 Å². The number of piperazine rings is 1. The molecular weight excluding hydrogens is 554 g/mol. The molecule has 0 aliphatic carbocycles. The van der Waals surface area contributed by atoms with E-state index in [1.807, 2.05) is 32.0 Å². The highest BCUT2D eigenvalue weighted by molar-refractivity contribution is 6.11. The third-order valence-corrected chi connectivity index (χ3v) is 7.64. The molecular formula is C32H38F2N6O3. The van der Waals surface area contributed by atoms with E-state index in [0.717, 1.165) is 37.9 Å². The number of nitrogens with one attached hydrogen (secondary N) is 3. The van der Waals surface area contributed by atoms with Gasteiger partial charge in [0.25, 0.3) is 5.91 Å². The van der Waals surface area contributed by atoms with Crippen LogP contribution in [0.3, 0.4) is 0 Å². The number of anilines is 3. The normalized spacial score (nSPS) is 15.1. The van der Waals surface area contributed by atoms with Gasteiger partial charge >= 0.3 is 0 Å². The fourth-order valence-electron chi connectivity index (χ4n) is 5.51. The molecule has 0 radical (unpaired) electrons. The van der Waals surface area contributed by atoms with E-state index in [9.17, 15) is 13.6 Å². The van der Waals surface area contributed by atoms with Gasteiger partial charge in [-0.2, -0.15) is 5.10 Å². The Hall–Kier alpha value is -4.06. The first-order valence-electron chi connectivity index (χ1n) is 14.2. The van der Waals surface area contributed by atoms with Crippen molar-refractivity contribution in [3.63, 3.8) is 0 Å². The fraction of sp³-hybridized carbons (Fsp3) is 0.375. The van der Waals surface area contributed by atoms with Crippen LogP contribution in [0.25, 0.3) is 10.9 Å². The minimum absolute atomic E-state index is 0.326. The summed E-state index contributed by atoms with van der Waals surface area (Å²) in [5.74, 6) is -1.39. The number of ether oxygens (including phenoxy) is 2. The third-order valence-electron chi connectivity index (χ3n) is 7.64. The monoisotopic (exact) mass is 592 g/mol. The summed E-state index contributed by atoms with van der Waals surface area (Å²) in [5, 5.41) is 14.4. The average molecular weight is 593 g/mol. The van der Waals surface area contributed by atoms with Crippen molar-refractivity contribution >= 4 is 34.0 Å². The lowest BCUT2D eigenvalue weighted by Gasteiger charge is -2.35. The van der Waals surface area contributed by atoms with Gasteiger partial charge in [0, 0.05) is 63.2 Å². The zero-order valence-electron chi connectivity index (χ0n) is 25.1. The van der Waals surface area contributed by atoms with Crippen molar-refractivity contribution in [3.8, 4) is 0 Å². The molecule has 1 saturated heterocycles. The van der Waals surface area contributed by atoms with Crippen LogP contribution >= 0.6 is 0 Å². The lowest BCUT2D eigenvalue weighted by molar-refractivity contribution is 0.102. The number of carbonyl (C=O) groups excluding carboxylic acids is 1. The average Bonchev–Trinajstić information content (AvgIpc) is 3.35. The van der Waals surface area contributed by atoms with Crippen molar-refractivity contribution in [1.29, 1.82) is 0 Å². The quantitative estimate of drug-likeness (QED) is 0.227. The van der Waals surface area contributed by atoms with Gasteiger partial charge in [-0.3, -0.25) is 9.89 Å². The van der Waals surface area contributed by atoms with Gasteiger partial charge in [0.15, 0.2) is 5.82 Å². The maximum atomic E-state index is 14.0. The molecule has 5 rings (SSSR count). The second-order valence-electron chi connectivity index (χ2n) is 11.6. The lowest BCUT2D eigenvalue weighted by atomic mass is 9.99. The van der Waals surface area contributed by atoms with Crippen LogP contribution in [0.15, 0.2) is 54.6 Å². The van der Waals surface area contributed by atoms with E-state index in [1.165, 1.54) is 19.2 Å². The van der Waals surface area contributed by atoms with Crippen molar-refractivity contribution in [2.45, 2.75) is 25.5 Å². The Bertz CT molecular complexity index is 1580. The van der Waals surface area contributed by atoms with Crippen molar-refractivity contribution in [2.24, 2.45) is 0 Å². The Kier molecular flexibility index (Phi) is 8.95. The van der Waals surface area contributed by atoms with Crippen LogP contribution in [0.1, 0.15) is 41.4 Å². The summed E-state index contributed by atoms with van der Waals surface area (Å²) < 4.78 is 39.0. The highest BCUT2D eigenvalue weighted by atomic mass is 19.1. The molecule has 1 unspecified atom stereocenters. The number of likely N-dealkylation sites (N-methyl/N-ethyl adjacent to an activating group) is 1. The molecule has 43 heavy (non-hydrogen) atoms. The van der Waals surface area contributed by atoms with Crippen LogP contribution in [-0.2, 0) is 9.47 Å². The Labute approximate surface area is 250 Å². The molecule has 9 nitrogen and oxygen atoms in total.